The van der Waals surface area contributed by atoms with Crippen LogP contribution in [-0.4, -0.2) is 16.1 Å². The van der Waals surface area contributed by atoms with E-state index in [1.54, 1.807) is 23.0 Å². The molecule has 114 valence electrons. The lowest BCUT2D eigenvalue weighted by Crippen LogP contribution is -2.20. The first kappa shape index (κ1) is 15.4. The second kappa shape index (κ2) is 6.17. The minimum absolute atomic E-state index is 0.000151. The molecule has 0 amide bonds. The fourth-order valence-corrected chi connectivity index (χ4v) is 1.91. The zero-order valence-electron chi connectivity index (χ0n) is 11.7. The highest BCUT2D eigenvalue weighted by Gasteiger charge is 2.30. The molecule has 0 saturated heterocycles. The number of aryl methyl sites for hydroxylation is 1. The maximum Gasteiger partial charge on any atom is 0.573 e. The van der Waals surface area contributed by atoms with Crippen LogP contribution >= 0.6 is 0 Å². The van der Waals surface area contributed by atoms with Gasteiger partial charge in [-0.2, -0.15) is 5.10 Å². The molecule has 0 aliphatic rings. The Balaban J connectivity index is 1.93. The predicted octanol–water partition coefficient (Wildman–Crippen LogP) is 3.17. The van der Waals surface area contributed by atoms with E-state index in [1.165, 1.54) is 12.1 Å². The molecule has 1 unspecified atom stereocenters. The van der Waals surface area contributed by atoms with Gasteiger partial charge in [-0.1, -0.05) is 12.1 Å². The van der Waals surface area contributed by atoms with Crippen LogP contribution in [0.1, 0.15) is 24.2 Å². The number of hydrogen-bond donors (Lipinski definition) is 1. The second-order valence-corrected chi connectivity index (χ2v) is 4.67. The van der Waals surface area contributed by atoms with Crippen LogP contribution < -0.4 is 10.1 Å². The van der Waals surface area contributed by atoms with Gasteiger partial charge in [-0.05, 0) is 30.7 Å². The topological polar surface area (TPSA) is 39.1 Å². The molecule has 2 aromatic rings. The summed E-state index contributed by atoms with van der Waals surface area (Å²) in [4.78, 5) is 0. The molecule has 1 aromatic carbocycles. The van der Waals surface area contributed by atoms with Gasteiger partial charge >= 0.3 is 6.36 Å². The van der Waals surface area contributed by atoms with Gasteiger partial charge in [0.05, 0.1) is 5.69 Å². The van der Waals surface area contributed by atoms with Crippen LogP contribution in [0.15, 0.2) is 36.5 Å². The summed E-state index contributed by atoms with van der Waals surface area (Å²) >= 11 is 0. The van der Waals surface area contributed by atoms with Crippen molar-refractivity contribution in [1.29, 1.82) is 0 Å². The van der Waals surface area contributed by atoms with E-state index in [0.29, 0.717) is 6.54 Å². The van der Waals surface area contributed by atoms with Crippen molar-refractivity contribution in [2.75, 3.05) is 0 Å². The Labute approximate surface area is 120 Å². The van der Waals surface area contributed by atoms with Gasteiger partial charge in [-0.15, -0.1) is 13.2 Å². The zero-order chi connectivity index (χ0) is 15.5. The van der Waals surface area contributed by atoms with E-state index in [-0.39, 0.29) is 11.8 Å². The average molecular weight is 299 g/mol. The third-order valence-electron chi connectivity index (χ3n) is 3.13. The number of alkyl halides is 3. The maximum atomic E-state index is 12.1. The maximum absolute atomic E-state index is 12.1. The molecule has 1 atom stereocenters. The molecule has 1 aromatic heterocycles. The van der Waals surface area contributed by atoms with Crippen LogP contribution in [0.4, 0.5) is 13.2 Å². The van der Waals surface area contributed by atoms with E-state index in [0.717, 1.165) is 11.3 Å². The average Bonchev–Trinajstić information content (AvgIpc) is 2.80. The number of nitrogens with one attached hydrogen (secondary N) is 1. The molecule has 0 saturated carbocycles. The normalized spacial score (nSPS) is 13.2. The van der Waals surface area contributed by atoms with Gasteiger partial charge in [0, 0.05) is 25.8 Å². The molecule has 0 aliphatic heterocycles. The fourth-order valence-electron chi connectivity index (χ4n) is 1.91. The SMILES string of the molecule is CC(NCc1ccnn1C)c1ccc(OC(F)(F)F)cc1. The molecule has 0 spiro atoms. The molecule has 4 nitrogen and oxygen atoms in total. The lowest BCUT2D eigenvalue weighted by molar-refractivity contribution is -0.274. The minimum Gasteiger partial charge on any atom is -0.406 e. The van der Waals surface area contributed by atoms with E-state index in [1.807, 2.05) is 20.0 Å². The molecule has 7 heteroatoms. The van der Waals surface area contributed by atoms with Crippen LogP contribution in [0.5, 0.6) is 5.75 Å². The molecule has 0 bridgehead atoms. The highest BCUT2D eigenvalue weighted by Crippen LogP contribution is 2.24. The van der Waals surface area contributed by atoms with Crippen molar-refractivity contribution in [1.82, 2.24) is 15.1 Å². The van der Waals surface area contributed by atoms with Crippen LogP contribution in [0.25, 0.3) is 0 Å². The Morgan fingerprint density at radius 2 is 1.90 bits per heavy atom. The molecular weight excluding hydrogens is 283 g/mol. The van der Waals surface area contributed by atoms with Crippen LogP contribution in [0, 0.1) is 0 Å². The Hall–Kier alpha value is -2.02. The molecule has 1 N–H and O–H groups in total. The highest BCUT2D eigenvalue weighted by atomic mass is 19.4. The van der Waals surface area contributed by atoms with Crippen molar-refractivity contribution in [3.8, 4) is 5.75 Å². The van der Waals surface area contributed by atoms with Crippen LogP contribution in [0.2, 0.25) is 0 Å². The zero-order valence-corrected chi connectivity index (χ0v) is 11.7. The molecule has 21 heavy (non-hydrogen) atoms. The number of benzene rings is 1. The van der Waals surface area contributed by atoms with Crippen molar-refractivity contribution in [2.45, 2.75) is 25.9 Å². The number of nitrogens with zero attached hydrogens (tertiary/aromatic N) is 2. The Kier molecular flexibility index (Phi) is 4.52. The first-order valence-electron chi connectivity index (χ1n) is 6.41. The molecule has 2 rings (SSSR count). The van der Waals surface area contributed by atoms with Crippen molar-refractivity contribution in [3.05, 3.63) is 47.8 Å². The predicted molar refractivity (Wildman–Crippen MR) is 71.6 cm³/mol. The van der Waals surface area contributed by atoms with E-state index in [2.05, 4.69) is 15.2 Å². The lowest BCUT2D eigenvalue weighted by Gasteiger charge is -2.15. The van der Waals surface area contributed by atoms with Gasteiger partial charge in [0.15, 0.2) is 0 Å². The summed E-state index contributed by atoms with van der Waals surface area (Å²) < 4.78 is 41.8. The number of halogens is 3. The molecule has 1 heterocycles. The summed E-state index contributed by atoms with van der Waals surface area (Å²) in [6, 6.07) is 7.75. The number of rotatable bonds is 5. The van der Waals surface area contributed by atoms with Crippen molar-refractivity contribution in [2.24, 2.45) is 7.05 Å². The summed E-state index contributed by atoms with van der Waals surface area (Å²) in [5.74, 6) is -0.218. The monoisotopic (exact) mass is 299 g/mol. The van der Waals surface area contributed by atoms with E-state index in [9.17, 15) is 13.2 Å². The third-order valence-corrected chi connectivity index (χ3v) is 3.13. The largest absolute Gasteiger partial charge is 0.573 e. The van der Waals surface area contributed by atoms with Gasteiger partial charge in [-0.3, -0.25) is 4.68 Å². The Morgan fingerprint density at radius 3 is 2.43 bits per heavy atom. The summed E-state index contributed by atoms with van der Waals surface area (Å²) in [6.07, 6.45) is -2.95. The van der Waals surface area contributed by atoms with Crippen LogP contribution in [0.3, 0.4) is 0 Å². The molecule has 0 aliphatic carbocycles. The second-order valence-electron chi connectivity index (χ2n) is 4.67. The van der Waals surface area contributed by atoms with Gasteiger partial charge in [0.1, 0.15) is 5.75 Å². The minimum atomic E-state index is -4.66. The van der Waals surface area contributed by atoms with Crippen molar-refractivity contribution >= 4 is 0 Å². The van der Waals surface area contributed by atoms with Crippen LogP contribution in [-0.2, 0) is 13.6 Å². The molecule has 0 fully saturated rings. The quantitative estimate of drug-likeness (QED) is 0.921. The number of hydrogen-bond acceptors (Lipinski definition) is 3. The molecular formula is C14H16F3N3O. The van der Waals surface area contributed by atoms with Gasteiger partial charge in [0.25, 0.3) is 0 Å². The third kappa shape index (κ3) is 4.49. The summed E-state index contributed by atoms with van der Waals surface area (Å²) in [5.41, 5.74) is 1.91. The number of ether oxygens (including phenoxy) is 1. The molecule has 0 radical (unpaired) electrons. The van der Waals surface area contributed by atoms with Gasteiger partial charge in [-0.25, -0.2) is 0 Å². The first-order valence-corrected chi connectivity index (χ1v) is 6.41. The summed E-state index contributed by atoms with van der Waals surface area (Å²) in [7, 11) is 1.85. The summed E-state index contributed by atoms with van der Waals surface area (Å²) in [6.45, 7) is 2.56. The first-order chi connectivity index (χ1) is 9.85. The van der Waals surface area contributed by atoms with Crippen molar-refractivity contribution < 1.29 is 17.9 Å². The Morgan fingerprint density at radius 1 is 1.24 bits per heavy atom. The number of aromatic nitrogens is 2. The van der Waals surface area contributed by atoms with Crippen molar-refractivity contribution in [3.63, 3.8) is 0 Å². The highest BCUT2D eigenvalue weighted by molar-refractivity contribution is 5.29. The van der Waals surface area contributed by atoms with E-state index in [4.69, 9.17) is 0 Å². The Bertz CT molecular complexity index is 578. The van der Waals surface area contributed by atoms with E-state index >= 15 is 0 Å². The lowest BCUT2D eigenvalue weighted by atomic mass is 10.1. The van der Waals surface area contributed by atoms with Gasteiger partial charge in [0.2, 0.25) is 0 Å². The standard InChI is InChI=1S/C14H16F3N3O/c1-10(18-9-12-7-8-19-20(12)2)11-3-5-13(6-4-11)21-14(15,16)17/h3-8,10,18H,9H2,1-2H3. The van der Waals surface area contributed by atoms with E-state index < -0.39 is 6.36 Å². The summed E-state index contributed by atoms with van der Waals surface area (Å²) in [5, 5.41) is 7.35. The fraction of sp³-hybridized carbons (Fsp3) is 0.357. The van der Waals surface area contributed by atoms with Gasteiger partial charge < -0.3 is 10.1 Å². The smallest absolute Gasteiger partial charge is 0.406 e.